The van der Waals surface area contributed by atoms with E-state index in [2.05, 4.69) is 10.1 Å². The van der Waals surface area contributed by atoms with Crippen LogP contribution in [0.1, 0.15) is 12.1 Å². The summed E-state index contributed by atoms with van der Waals surface area (Å²) in [5, 5.41) is 5.08. The summed E-state index contributed by atoms with van der Waals surface area (Å²) < 4.78 is 1.47. The summed E-state index contributed by atoms with van der Waals surface area (Å²) in [6, 6.07) is 7.46. The quantitative estimate of drug-likeness (QED) is 0.759. The van der Waals surface area contributed by atoms with Crippen molar-refractivity contribution in [2.75, 3.05) is 6.54 Å². The fourth-order valence-corrected chi connectivity index (χ4v) is 2.70. The van der Waals surface area contributed by atoms with Gasteiger partial charge in [-0.05, 0) is 30.8 Å². The van der Waals surface area contributed by atoms with Gasteiger partial charge in [0, 0.05) is 17.8 Å². The van der Waals surface area contributed by atoms with Crippen LogP contribution in [0.5, 0.6) is 0 Å². The van der Waals surface area contributed by atoms with E-state index in [4.69, 9.17) is 5.73 Å². The molecule has 5 nitrogen and oxygen atoms in total. The van der Waals surface area contributed by atoms with Gasteiger partial charge in [0.2, 0.25) is 0 Å². The first kappa shape index (κ1) is 12.1. The molecule has 3 heterocycles. The van der Waals surface area contributed by atoms with Crippen LogP contribution in [-0.2, 0) is 6.42 Å². The van der Waals surface area contributed by atoms with E-state index < -0.39 is 0 Å². The molecule has 3 aromatic rings. The lowest BCUT2D eigenvalue weighted by molar-refractivity contribution is 0.796. The summed E-state index contributed by atoms with van der Waals surface area (Å²) in [6.45, 7) is 0.606. The molecule has 3 aromatic heterocycles. The molecule has 0 saturated carbocycles. The molecule has 6 heteroatoms. The molecule has 0 amide bonds. The Morgan fingerprint density at radius 3 is 3.05 bits per heavy atom. The van der Waals surface area contributed by atoms with Crippen molar-refractivity contribution < 1.29 is 0 Å². The Morgan fingerprint density at radius 1 is 1.42 bits per heavy atom. The van der Waals surface area contributed by atoms with E-state index in [-0.39, 0.29) is 5.56 Å². The Morgan fingerprint density at radius 2 is 2.32 bits per heavy atom. The van der Waals surface area contributed by atoms with Crippen LogP contribution in [0.4, 0.5) is 0 Å². The lowest BCUT2D eigenvalue weighted by Gasteiger charge is -1.98. The Labute approximate surface area is 113 Å². The number of nitrogens with one attached hydrogen (secondary N) is 1. The number of aromatic amines is 1. The van der Waals surface area contributed by atoms with Crippen molar-refractivity contribution in [2.45, 2.75) is 12.8 Å². The van der Waals surface area contributed by atoms with Gasteiger partial charge in [-0.1, -0.05) is 6.07 Å². The van der Waals surface area contributed by atoms with Gasteiger partial charge in [-0.3, -0.25) is 9.89 Å². The van der Waals surface area contributed by atoms with E-state index in [0.717, 1.165) is 29.1 Å². The molecule has 0 spiro atoms. The van der Waals surface area contributed by atoms with Crippen LogP contribution in [-0.4, -0.2) is 21.1 Å². The minimum atomic E-state index is -0.0835. The molecule has 19 heavy (non-hydrogen) atoms. The third-order valence-corrected chi connectivity index (χ3v) is 3.83. The fourth-order valence-electron chi connectivity index (χ4n) is 2.01. The summed E-state index contributed by atoms with van der Waals surface area (Å²) in [5.74, 6) is 0. The van der Waals surface area contributed by atoms with Crippen LogP contribution in [0.2, 0.25) is 0 Å². The molecule has 0 radical (unpaired) electrons. The van der Waals surface area contributed by atoms with Gasteiger partial charge in [-0.15, -0.1) is 11.3 Å². The molecule has 0 unspecified atom stereocenters. The van der Waals surface area contributed by atoms with Gasteiger partial charge in [0.25, 0.3) is 5.56 Å². The zero-order valence-corrected chi connectivity index (χ0v) is 11.1. The van der Waals surface area contributed by atoms with Gasteiger partial charge in [-0.2, -0.15) is 0 Å². The molecule has 0 aliphatic carbocycles. The maximum Gasteiger partial charge on any atom is 0.272 e. The van der Waals surface area contributed by atoms with Gasteiger partial charge in [0.1, 0.15) is 0 Å². The predicted octanol–water partition coefficient (Wildman–Crippen LogP) is 1.64. The van der Waals surface area contributed by atoms with Crippen LogP contribution >= 0.6 is 11.3 Å². The zero-order valence-electron chi connectivity index (χ0n) is 10.3. The van der Waals surface area contributed by atoms with Crippen molar-refractivity contribution in [3.63, 3.8) is 0 Å². The van der Waals surface area contributed by atoms with Gasteiger partial charge >= 0.3 is 0 Å². The van der Waals surface area contributed by atoms with Gasteiger partial charge in [-0.25, -0.2) is 9.50 Å². The third-order valence-electron chi connectivity index (χ3n) is 2.93. The van der Waals surface area contributed by atoms with Gasteiger partial charge in [0.05, 0.1) is 10.6 Å². The predicted molar refractivity (Wildman–Crippen MR) is 76.5 cm³/mol. The summed E-state index contributed by atoms with van der Waals surface area (Å²) in [5.41, 5.74) is 7.76. The van der Waals surface area contributed by atoms with E-state index in [1.54, 1.807) is 17.4 Å². The number of fused-ring (bicyclic) bond motifs is 1. The first-order valence-electron chi connectivity index (χ1n) is 6.13. The smallest absolute Gasteiger partial charge is 0.272 e. The number of aromatic nitrogens is 3. The van der Waals surface area contributed by atoms with E-state index in [9.17, 15) is 4.79 Å². The number of thiophene rings is 1. The van der Waals surface area contributed by atoms with Crippen LogP contribution < -0.4 is 11.3 Å². The number of aryl methyl sites for hydroxylation is 1. The number of nitrogens with two attached hydrogens (primary N) is 1. The topological polar surface area (TPSA) is 76.2 Å². The van der Waals surface area contributed by atoms with Crippen molar-refractivity contribution in [2.24, 2.45) is 5.73 Å². The average molecular weight is 274 g/mol. The van der Waals surface area contributed by atoms with E-state index in [1.165, 1.54) is 4.52 Å². The normalized spacial score (nSPS) is 11.2. The highest BCUT2D eigenvalue weighted by Crippen LogP contribution is 2.23. The summed E-state index contributed by atoms with van der Waals surface area (Å²) in [6.07, 6.45) is 1.58. The molecule has 0 fully saturated rings. The molecule has 0 bridgehead atoms. The molecule has 3 N–H and O–H groups in total. The molecule has 0 aliphatic heterocycles. The highest BCUT2D eigenvalue weighted by Gasteiger charge is 2.08. The zero-order chi connectivity index (χ0) is 13.2. The number of hydrogen-bond acceptors (Lipinski definition) is 4. The first-order chi connectivity index (χ1) is 9.28. The van der Waals surface area contributed by atoms with Crippen molar-refractivity contribution >= 4 is 17.0 Å². The van der Waals surface area contributed by atoms with Crippen LogP contribution in [0.15, 0.2) is 34.4 Å². The lowest BCUT2D eigenvalue weighted by Crippen LogP contribution is -2.16. The first-order valence-corrected chi connectivity index (χ1v) is 7.01. The van der Waals surface area contributed by atoms with E-state index >= 15 is 0 Å². The third kappa shape index (κ3) is 2.32. The maximum absolute atomic E-state index is 12.0. The number of H-pyrrole nitrogens is 1. The second-order valence-electron chi connectivity index (χ2n) is 4.32. The van der Waals surface area contributed by atoms with Crippen molar-refractivity contribution in [1.29, 1.82) is 0 Å². The maximum atomic E-state index is 12.0. The van der Waals surface area contributed by atoms with Crippen molar-refractivity contribution in [3.05, 3.63) is 45.7 Å². The number of nitrogens with zero attached hydrogens (tertiary/aromatic N) is 2. The summed E-state index contributed by atoms with van der Waals surface area (Å²) in [7, 11) is 0. The van der Waals surface area contributed by atoms with Crippen molar-refractivity contribution in [1.82, 2.24) is 14.6 Å². The molecular weight excluding hydrogens is 260 g/mol. The summed E-state index contributed by atoms with van der Waals surface area (Å²) >= 11 is 1.62. The van der Waals surface area contributed by atoms with Gasteiger partial charge < -0.3 is 5.73 Å². The molecule has 3 rings (SSSR count). The minimum Gasteiger partial charge on any atom is -0.330 e. The van der Waals surface area contributed by atoms with Crippen molar-refractivity contribution in [3.8, 4) is 10.6 Å². The molecule has 98 valence electrons. The van der Waals surface area contributed by atoms with Gasteiger partial charge in [0.15, 0.2) is 5.65 Å². The minimum absolute atomic E-state index is 0.0835. The Hall–Kier alpha value is -1.92. The van der Waals surface area contributed by atoms with Crippen LogP contribution in [0.3, 0.4) is 0 Å². The highest BCUT2D eigenvalue weighted by atomic mass is 32.1. The highest BCUT2D eigenvalue weighted by molar-refractivity contribution is 7.13. The second kappa shape index (κ2) is 4.99. The number of rotatable bonds is 4. The Bertz CT molecular complexity index is 742. The molecule has 0 atom stereocenters. The fraction of sp³-hybridized carbons (Fsp3) is 0.231. The second-order valence-corrected chi connectivity index (χ2v) is 5.27. The van der Waals surface area contributed by atoms with Crippen LogP contribution in [0.25, 0.3) is 16.2 Å². The van der Waals surface area contributed by atoms with E-state index in [0.29, 0.717) is 12.2 Å². The van der Waals surface area contributed by atoms with E-state index in [1.807, 2.05) is 23.6 Å². The largest absolute Gasteiger partial charge is 0.330 e. The molecule has 0 aliphatic rings. The molecular formula is C13H14N4OS. The SMILES string of the molecule is NCCCc1cc(=O)n2[nH]c(-c3cccs3)cc2n1. The summed E-state index contributed by atoms with van der Waals surface area (Å²) in [4.78, 5) is 17.6. The van der Waals surface area contributed by atoms with Crippen LogP contribution in [0, 0.1) is 0 Å². The Kier molecular flexibility index (Phi) is 3.18. The standard InChI is InChI=1S/C13H14N4OS/c14-5-1-3-9-7-13(18)17-12(15-9)8-10(16-17)11-4-2-6-19-11/h2,4,6-8,16H,1,3,5,14H2. The molecule has 0 aromatic carbocycles. The average Bonchev–Trinajstić information content (AvgIpc) is 3.04. The number of hydrogen-bond donors (Lipinski definition) is 2. The Balaban J connectivity index is 2.07. The lowest BCUT2D eigenvalue weighted by atomic mass is 10.2. The monoisotopic (exact) mass is 274 g/mol. The molecule has 0 saturated heterocycles.